The highest BCUT2D eigenvalue weighted by molar-refractivity contribution is 5.88. The topological polar surface area (TPSA) is 59.0 Å². The van der Waals surface area contributed by atoms with Gasteiger partial charge in [0.25, 0.3) is 0 Å². The van der Waals surface area contributed by atoms with Gasteiger partial charge in [0.1, 0.15) is 11.5 Å². The molecule has 0 amide bonds. The van der Waals surface area contributed by atoms with Gasteiger partial charge in [0.15, 0.2) is 0 Å². The highest BCUT2D eigenvalue weighted by Crippen LogP contribution is 2.27. The molecule has 2 rings (SSSR count). The molecule has 0 saturated carbocycles. The van der Waals surface area contributed by atoms with Crippen LogP contribution in [0.1, 0.15) is 34.5 Å². The highest BCUT2D eigenvalue weighted by Gasteiger charge is 2.16. The number of benzene rings is 2. The maximum absolute atomic E-state index is 11.2. The maximum atomic E-state index is 11.2. The van der Waals surface area contributed by atoms with Gasteiger partial charge in [0.05, 0.1) is 19.8 Å². The minimum atomic E-state index is -0.942. The van der Waals surface area contributed by atoms with Crippen molar-refractivity contribution in [3.05, 3.63) is 59.2 Å². The molecular weight excluding hydrogens is 306 g/mol. The second-order valence-corrected chi connectivity index (χ2v) is 5.70. The molecule has 5 nitrogen and oxygen atoms in total. The predicted molar refractivity (Wildman–Crippen MR) is 92.8 cm³/mol. The molecule has 1 N–H and O–H groups in total. The first-order valence-corrected chi connectivity index (χ1v) is 7.70. The predicted octanol–water partition coefficient (Wildman–Crippen LogP) is 3.60. The Morgan fingerprint density at radius 3 is 2.54 bits per heavy atom. The number of rotatable bonds is 7. The average Bonchev–Trinajstić information content (AvgIpc) is 2.60. The maximum Gasteiger partial charge on any atom is 0.335 e. The normalized spacial score (nSPS) is 12.0. The zero-order valence-corrected chi connectivity index (χ0v) is 14.4. The van der Waals surface area contributed by atoms with Crippen molar-refractivity contribution >= 4 is 5.97 Å². The van der Waals surface area contributed by atoms with Crippen LogP contribution in [-0.4, -0.2) is 37.2 Å². The smallest absolute Gasteiger partial charge is 0.335 e. The van der Waals surface area contributed by atoms with E-state index in [-0.39, 0.29) is 11.6 Å². The summed E-state index contributed by atoms with van der Waals surface area (Å²) < 4.78 is 10.6. The molecule has 0 aliphatic carbocycles. The molecule has 1 atom stereocenters. The van der Waals surface area contributed by atoms with Gasteiger partial charge in [0.2, 0.25) is 0 Å². The summed E-state index contributed by atoms with van der Waals surface area (Å²) in [5, 5.41) is 9.18. The molecule has 0 aromatic heterocycles. The van der Waals surface area contributed by atoms with Crippen molar-refractivity contribution in [2.24, 2.45) is 0 Å². The van der Waals surface area contributed by atoms with Crippen LogP contribution in [0.3, 0.4) is 0 Å². The van der Waals surface area contributed by atoms with Crippen LogP contribution < -0.4 is 9.47 Å². The fraction of sp³-hybridized carbons (Fsp3) is 0.316. The second kappa shape index (κ2) is 7.84. The van der Waals surface area contributed by atoms with E-state index < -0.39 is 5.97 Å². The van der Waals surface area contributed by atoms with Gasteiger partial charge in [-0.15, -0.1) is 0 Å². The van der Waals surface area contributed by atoms with Crippen LogP contribution in [0.15, 0.2) is 42.5 Å². The SMILES string of the molecule is COc1cccc(C(C)N(C)Cc2cc(C(=O)O)ccc2OC)c1. The molecule has 5 heteroatoms. The van der Waals surface area contributed by atoms with E-state index in [0.29, 0.717) is 12.3 Å². The van der Waals surface area contributed by atoms with Crippen molar-refractivity contribution in [2.45, 2.75) is 19.5 Å². The third-order valence-electron chi connectivity index (χ3n) is 4.18. The lowest BCUT2D eigenvalue weighted by Crippen LogP contribution is -2.22. The Labute approximate surface area is 142 Å². The lowest BCUT2D eigenvalue weighted by atomic mass is 10.0. The van der Waals surface area contributed by atoms with E-state index in [2.05, 4.69) is 17.9 Å². The van der Waals surface area contributed by atoms with Crippen LogP contribution in [0.4, 0.5) is 0 Å². The third kappa shape index (κ3) is 4.06. The summed E-state index contributed by atoms with van der Waals surface area (Å²) in [5.74, 6) is 0.560. The molecule has 0 aliphatic heterocycles. The molecule has 1 unspecified atom stereocenters. The summed E-state index contributed by atoms with van der Waals surface area (Å²) in [4.78, 5) is 13.3. The number of ether oxygens (including phenoxy) is 2. The number of nitrogens with zero attached hydrogens (tertiary/aromatic N) is 1. The average molecular weight is 329 g/mol. The van der Waals surface area contributed by atoms with Gasteiger partial charge in [-0.05, 0) is 49.9 Å². The molecule has 0 bridgehead atoms. The van der Waals surface area contributed by atoms with Gasteiger partial charge in [-0.1, -0.05) is 12.1 Å². The lowest BCUT2D eigenvalue weighted by Gasteiger charge is -2.26. The second-order valence-electron chi connectivity index (χ2n) is 5.70. The standard InChI is InChI=1S/C19H23NO4/c1-13(14-6-5-7-17(11-14)23-3)20(2)12-16-10-15(19(21)22)8-9-18(16)24-4/h5-11,13H,12H2,1-4H3,(H,21,22). The summed E-state index contributed by atoms with van der Waals surface area (Å²) in [6.07, 6.45) is 0. The van der Waals surface area contributed by atoms with E-state index in [1.54, 1.807) is 32.4 Å². The van der Waals surface area contributed by atoms with Crippen LogP contribution in [0.5, 0.6) is 11.5 Å². The van der Waals surface area contributed by atoms with Gasteiger partial charge in [0, 0.05) is 18.2 Å². The van der Waals surface area contributed by atoms with Crippen molar-refractivity contribution in [1.29, 1.82) is 0 Å². The Morgan fingerprint density at radius 1 is 1.17 bits per heavy atom. The molecule has 2 aromatic rings. The molecule has 0 heterocycles. The molecule has 128 valence electrons. The van der Waals surface area contributed by atoms with E-state index in [9.17, 15) is 9.90 Å². The first-order valence-electron chi connectivity index (χ1n) is 7.70. The highest BCUT2D eigenvalue weighted by atomic mass is 16.5. The molecule has 24 heavy (non-hydrogen) atoms. The van der Waals surface area contributed by atoms with E-state index in [1.165, 1.54) is 0 Å². The molecule has 0 fully saturated rings. The third-order valence-corrected chi connectivity index (χ3v) is 4.18. The fourth-order valence-corrected chi connectivity index (χ4v) is 2.60. The number of carboxylic acids is 1. The van der Waals surface area contributed by atoms with Gasteiger partial charge in [-0.25, -0.2) is 4.79 Å². The van der Waals surface area contributed by atoms with E-state index in [1.807, 2.05) is 25.2 Å². The number of hydrogen-bond donors (Lipinski definition) is 1. The van der Waals surface area contributed by atoms with Gasteiger partial charge in [-0.2, -0.15) is 0 Å². The summed E-state index contributed by atoms with van der Waals surface area (Å²) in [6.45, 7) is 2.67. The first kappa shape index (κ1) is 17.8. The van der Waals surface area contributed by atoms with Gasteiger partial charge < -0.3 is 14.6 Å². The van der Waals surface area contributed by atoms with Crippen molar-refractivity contribution < 1.29 is 19.4 Å². The van der Waals surface area contributed by atoms with Crippen molar-refractivity contribution in [3.8, 4) is 11.5 Å². The minimum Gasteiger partial charge on any atom is -0.497 e. The molecule has 2 aromatic carbocycles. The largest absolute Gasteiger partial charge is 0.497 e. The van der Waals surface area contributed by atoms with Crippen LogP contribution in [0.2, 0.25) is 0 Å². The van der Waals surface area contributed by atoms with Crippen LogP contribution >= 0.6 is 0 Å². The van der Waals surface area contributed by atoms with Crippen molar-refractivity contribution in [3.63, 3.8) is 0 Å². The van der Waals surface area contributed by atoms with Crippen LogP contribution in [-0.2, 0) is 6.54 Å². The Bertz CT molecular complexity index is 714. The molecular formula is C19H23NO4. The molecule has 0 radical (unpaired) electrons. The number of carboxylic acid groups (broad SMARTS) is 1. The molecule has 0 spiro atoms. The molecule has 0 saturated heterocycles. The number of carbonyl (C=O) groups is 1. The van der Waals surface area contributed by atoms with E-state index in [4.69, 9.17) is 9.47 Å². The van der Waals surface area contributed by atoms with Gasteiger partial charge >= 0.3 is 5.97 Å². The zero-order valence-electron chi connectivity index (χ0n) is 14.4. The summed E-state index contributed by atoms with van der Waals surface area (Å²) in [7, 11) is 5.23. The molecule has 0 aliphatic rings. The summed E-state index contributed by atoms with van der Waals surface area (Å²) in [5.41, 5.74) is 2.23. The van der Waals surface area contributed by atoms with Crippen LogP contribution in [0.25, 0.3) is 0 Å². The van der Waals surface area contributed by atoms with E-state index >= 15 is 0 Å². The Hall–Kier alpha value is -2.53. The monoisotopic (exact) mass is 329 g/mol. The number of aromatic carboxylic acids is 1. The fourth-order valence-electron chi connectivity index (χ4n) is 2.60. The summed E-state index contributed by atoms with van der Waals surface area (Å²) in [6, 6.07) is 13.0. The zero-order chi connectivity index (χ0) is 17.7. The van der Waals surface area contributed by atoms with Crippen LogP contribution in [0, 0.1) is 0 Å². The Balaban J connectivity index is 2.22. The quantitative estimate of drug-likeness (QED) is 0.841. The number of methoxy groups -OCH3 is 2. The van der Waals surface area contributed by atoms with E-state index in [0.717, 1.165) is 16.9 Å². The Kier molecular flexibility index (Phi) is 5.82. The first-order chi connectivity index (χ1) is 11.5. The minimum absolute atomic E-state index is 0.137. The summed E-state index contributed by atoms with van der Waals surface area (Å²) >= 11 is 0. The lowest BCUT2D eigenvalue weighted by molar-refractivity contribution is 0.0696. The van der Waals surface area contributed by atoms with Crippen molar-refractivity contribution in [1.82, 2.24) is 4.90 Å². The Morgan fingerprint density at radius 2 is 1.92 bits per heavy atom. The van der Waals surface area contributed by atoms with Gasteiger partial charge in [-0.3, -0.25) is 4.90 Å². The number of hydrogen-bond acceptors (Lipinski definition) is 4. The van der Waals surface area contributed by atoms with Crippen molar-refractivity contribution in [2.75, 3.05) is 21.3 Å².